The van der Waals surface area contributed by atoms with Gasteiger partial charge in [-0.15, -0.1) is 4.52 Å². The number of nitrogens with one attached hydrogen (secondary N) is 1. The molecule has 2 aromatic heterocycles. The van der Waals surface area contributed by atoms with Crippen LogP contribution in [0.15, 0.2) is 9.32 Å². The quantitative estimate of drug-likeness (QED) is 0.859. The number of aryl methyl sites for hydroxylation is 1. The second-order valence-electron chi connectivity index (χ2n) is 6.59. The second-order valence-corrected chi connectivity index (χ2v) is 6.59. The van der Waals surface area contributed by atoms with Crippen molar-refractivity contribution in [3.63, 3.8) is 0 Å². The van der Waals surface area contributed by atoms with Crippen LogP contribution in [0.25, 0.3) is 5.65 Å². The fraction of sp³-hybridized carbons (Fsp3) is 0.667. The Kier molecular flexibility index (Phi) is 3.58. The van der Waals surface area contributed by atoms with E-state index in [1.807, 2.05) is 0 Å². The number of carbonyl (C=O) groups is 1. The lowest BCUT2D eigenvalue weighted by molar-refractivity contribution is -0.0251. The molecule has 120 valence electrons. The van der Waals surface area contributed by atoms with E-state index in [4.69, 9.17) is 4.74 Å². The second kappa shape index (κ2) is 5.30. The molecule has 0 aliphatic heterocycles. The van der Waals surface area contributed by atoms with Crippen LogP contribution in [0.1, 0.15) is 49.7 Å². The summed E-state index contributed by atoms with van der Waals surface area (Å²) in [5, 5.41) is 6.45. The Morgan fingerprint density at radius 2 is 1.95 bits per heavy atom. The number of aromatic amines is 1. The molecule has 0 radical (unpaired) electrons. The molecule has 1 fully saturated rings. The maximum absolute atomic E-state index is 12.6. The van der Waals surface area contributed by atoms with Crippen molar-refractivity contribution in [2.45, 2.75) is 46.6 Å². The van der Waals surface area contributed by atoms with Crippen LogP contribution >= 0.6 is 0 Å². The maximum atomic E-state index is 12.6. The zero-order valence-corrected chi connectivity index (χ0v) is 13.3. The third-order valence-corrected chi connectivity index (χ3v) is 4.59. The third-order valence-electron chi connectivity index (χ3n) is 4.59. The van der Waals surface area contributed by atoms with Crippen molar-refractivity contribution in [2.75, 3.05) is 0 Å². The predicted molar refractivity (Wildman–Crippen MR) is 78.7 cm³/mol. The smallest absolute Gasteiger partial charge is 0.458 e. The van der Waals surface area contributed by atoms with Crippen molar-refractivity contribution >= 4 is 11.6 Å². The Bertz CT molecular complexity index is 745. The monoisotopic (exact) mass is 307 g/mol. The van der Waals surface area contributed by atoms with Crippen LogP contribution in [-0.2, 0) is 4.74 Å². The van der Waals surface area contributed by atoms with Crippen LogP contribution in [0, 0.1) is 24.7 Å². The molecule has 0 amide bonds. The van der Waals surface area contributed by atoms with Crippen molar-refractivity contribution in [1.82, 2.24) is 14.8 Å². The number of nitrogens with zero attached hydrogens (tertiary/aromatic N) is 2. The predicted octanol–water partition coefficient (Wildman–Crippen LogP) is 2.15. The van der Waals surface area contributed by atoms with E-state index in [1.54, 1.807) is 6.92 Å². The molecule has 2 aromatic rings. The molecule has 1 saturated carbocycles. The van der Waals surface area contributed by atoms with Gasteiger partial charge < -0.3 is 9.26 Å². The molecule has 1 N–H and O–H groups in total. The van der Waals surface area contributed by atoms with Gasteiger partial charge in [-0.3, -0.25) is 0 Å². The van der Waals surface area contributed by atoms with E-state index in [0.717, 1.165) is 17.4 Å². The minimum Gasteiger partial charge on any atom is -0.458 e. The van der Waals surface area contributed by atoms with Crippen molar-refractivity contribution < 1.29 is 14.1 Å². The largest absolute Gasteiger partial charge is 0.461 e. The van der Waals surface area contributed by atoms with E-state index in [1.165, 1.54) is 0 Å². The van der Waals surface area contributed by atoms with Crippen LogP contribution < -0.4 is 5.76 Å². The number of H-pyrrole nitrogens is 1. The van der Waals surface area contributed by atoms with Crippen molar-refractivity contribution in [3.8, 4) is 0 Å². The van der Waals surface area contributed by atoms with Gasteiger partial charge in [-0.05, 0) is 37.5 Å². The number of hydrogen-bond acceptors (Lipinski definition) is 5. The zero-order valence-electron chi connectivity index (χ0n) is 13.3. The molecular formula is C15H21N3O4. The molecule has 2 heterocycles. The van der Waals surface area contributed by atoms with E-state index >= 15 is 0 Å². The highest BCUT2D eigenvalue weighted by atomic mass is 16.5. The van der Waals surface area contributed by atoms with Crippen LogP contribution in [0.3, 0.4) is 0 Å². The van der Waals surface area contributed by atoms with Crippen LogP contribution in [0.4, 0.5) is 0 Å². The number of hydrogen-bond donors (Lipinski definition) is 1. The summed E-state index contributed by atoms with van der Waals surface area (Å²) in [5.41, 5.74) is 0.967. The minimum absolute atomic E-state index is 0.114. The molecule has 0 bridgehead atoms. The molecule has 7 heteroatoms. The van der Waals surface area contributed by atoms with Crippen LogP contribution in [-0.4, -0.2) is 26.8 Å². The SMILES string of the molecule is Cc1nn2c(=O)o[nH]c2c1C(=O)OC1C(C)CC(C)CC1C. The molecule has 22 heavy (non-hydrogen) atoms. The third kappa shape index (κ3) is 2.34. The first-order chi connectivity index (χ1) is 10.4. The summed E-state index contributed by atoms with van der Waals surface area (Å²) in [6, 6.07) is 0. The van der Waals surface area contributed by atoms with Crippen LogP contribution in [0.5, 0.6) is 0 Å². The van der Waals surface area contributed by atoms with Gasteiger partial charge in [0.2, 0.25) is 0 Å². The summed E-state index contributed by atoms with van der Waals surface area (Å²) in [5.74, 6) is 0.179. The van der Waals surface area contributed by atoms with Gasteiger partial charge >= 0.3 is 11.7 Å². The van der Waals surface area contributed by atoms with Gasteiger partial charge in [0.25, 0.3) is 0 Å². The first-order valence-electron chi connectivity index (χ1n) is 7.66. The lowest BCUT2D eigenvalue weighted by Crippen LogP contribution is -2.37. The van der Waals surface area contributed by atoms with Gasteiger partial charge in [0.15, 0.2) is 5.65 Å². The Hall–Kier alpha value is -2.05. The first kappa shape index (κ1) is 14.9. The summed E-state index contributed by atoms with van der Waals surface area (Å²) in [6.07, 6.45) is 1.98. The van der Waals surface area contributed by atoms with Crippen LogP contribution in [0.2, 0.25) is 0 Å². The molecule has 0 saturated heterocycles. The number of ether oxygens (including phenoxy) is 1. The fourth-order valence-electron chi connectivity index (χ4n) is 3.74. The average Bonchev–Trinajstić information content (AvgIpc) is 2.93. The summed E-state index contributed by atoms with van der Waals surface area (Å²) in [4.78, 5) is 24.0. The lowest BCUT2D eigenvalue weighted by atomic mass is 9.75. The molecule has 0 aromatic carbocycles. The lowest BCUT2D eigenvalue weighted by Gasteiger charge is -2.37. The van der Waals surface area contributed by atoms with Crippen molar-refractivity contribution in [2.24, 2.45) is 17.8 Å². The summed E-state index contributed by atoms with van der Waals surface area (Å²) < 4.78 is 11.5. The first-order valence-corrected chi connectivity index (χ1v) is 7.66. The molecule has 1 aliphatic carbocycles. The van der Waals surface area contributed by atoms with E-state index in [0.29, 0.717) is 23.4 Å². The highest BCUT2D eigenvalue weighted by Crippen LogP contribution is 2.35. The van der Waals surface area contributed by atoms with E-state index in [-0.39, 0.29) is 17.3 Å². The summed E-state index contributed by atoms with van der Waals surface area (Å²) >= 11 is 0. The number of fused-ring (bicyclic) bond motifs is 1. The number of carbonyl (C=O) groups excluding carboxylic acids is 1. The molecular weight excluding hydrogens is 286 g/mol. The number of esters is 1. The molecule has 2 atom stereocenters. The van der Waals surface area contributed by atoms with Gasteiger partial charge in [-0.2, -0.15) is 10.3 Å². The highest BCUT2D eigenvalue weighted by molar-refractivity contribution is 5.97. The normalized spacial score (nSPS) is 28.9. The van der Waals surface area contributed by atoms with Gasteiger partial charge in [-0.25, -0.2) is 9.59 Å². The average molecular weight is 307 g/mol. The topological polar surface area (TPSA) is 89.6 Å². The van der Waals surface area contributed by atoms with Gasteiger partial charge in [0, 0.05) is 0 Å². The Balaban J connectivity index is 1.87. The molecule has 0 spiro atoms. The Labute approximate surface area is 127 Å². The number of rotatable bonds is 2. The molecule has 2 unspecified atom stereocenters. The standard InChI is InChI=1S/C15H21N3O4/c1-7-5-8(2)12(9(3)6-7)21-14(19)11-10(4)16-18-13(11)17-22-15(18)20/h7-9,12,17H,5-6H2,1-4H3. The van der Waals surface area contributed by atoms with E-state index < -0.39 is 11.7 Å². The summed E-state index contributed by atoms with van der Waals surface area (Å²) in [7, 11) is 0. The highest BCUT2D eigenvalue weighted by Gasteiger charge is 2.35. The Morgan fingerprint density at radius 1 is 1.32 bits per heavy atom. The maximum Gasteiger partial charge on any atom is 0.461 e. The summed E-state index contributed by atoms with van der Waals surface area (Å²) in [6.45, 7) is 8.13. The van der Waals surface area contributed by atoms with Gasteiger partial charge in [0.05, 0.1) is 5.69 Å². The zero-order chi connectivity index (χ0) is 16.0. The molecule has 3 rings (SSSR count). The molecule has 7 nitrogen and oxygen atoms in total. The number of aromatic nitrogens is 3. The minimum atomic E-state index is -0.648. The van der Waals surface area contributed by atoms with Crippen molar-refractivity contribution in [3.05, 3.63) is 21.8 Å². The fourth-order valence-corrected chi connectivity index (χ4v) is 3.74. The van der Waals surface area contributed by atoms with Gasteiger partial charge in [0.1, 0.15) is 11.7 Å². The van der Waals surface area contributed by atoms with E-state index in [9.17, 15) is 9.59 Å². The molecule has 1 aliphatic rings. The Morgan fingerprint density at radius 3 is 2.59 bits per heavy atom. The van der Waals surface area contributed by atoms with Gasteiger partial charge in [-0.1, -0.05) is 20.8 Å². The van der Waals surface area contributed by atoms with E-state index in [2.05, 4.69) is 35.5 Å². The van der Waals surface area contributed by atoms with Crippen molar-refractivity contribution in [1.29, 1.82) is 0 Å².